The monoisotopic (exact) mass is 355 g/mol. The molecule has 2 heterocycles. The van der Waals surface area contributed by atoms with Crippen LogP contribution in [0.1, 0.15) is 23.0 Å². The smallest absolute Gasteiger partial charge is 0.275 e. The number of thiazole rings is 1. The molecule has 6 nitrogen and oxygen atoms in total. The molecular formula is C18H17N3O3S. The van der Waals surface area contributed by atoms with Gasteiger partial charge >= 0.3 is 0 Å². The maximum Gasteiger partial charge on any atom is 0.275 e. The molecule has 0 unspecified atom stereocenters. The second-order valence-electron chi connectivity index (χ2n) is 5.54. The first-order valence-corrected chi connectivity index (χ1v) is 8.52. The van der Waals surface area contributed by atoms with Crippen molar-refractivity contribution in [3.05, 3.63) is 59.3 Å². The summed E-state index contributed by atoms with van der Waals surface area (Å²) in [5.74, 6) is 0.340. The van der Waals surface area contributed by atoms with Crippen molar-refractivity contribution >= 4 is 28.8 Å². The number of carbonyl (C=O) groups excluding carboxylic acids is 2. The minimum absolute atomic E-state index is 0.0117. The van der Waals surface area contributed by atoms with Gasteiger partial charge in [-0.1, -0.05) is 12.1 Å². The number of benzene rings is 1. The molecule has 0 spiro atoms. The predicted octanol–water partition coefficient (Wildman–Crippen LogP) is 3.63. The first-order chi connectivity index (χ1) is 12.0. The number of rotatable bonds is 5. The second-order valence-corrected chi connectivity index (χ2v) is 6.40. The minimum Gasteiger partial charge on any atom is -0.462 e. The van der Waals surface area contributed by atoms with E-state index in [0.717, 1.165) is 5.56 Å². The molecule has 0 aliphatic heterocycles. The van der Waals surface area contributed by atoms with Gasteiger partial charge in [-0.25, -0.2) is 4.98 Å². The summed E-state index contributed by atoms with van der Waals surface area (Å²) in [7, 11) is 1.74. The van der Waals surface area contributed by atoms with Crippen molar-refractivity contribution in [2.24, 2.45) is 0 Å². The Labute approximate surface area is 149 Å². The molecule has 0 saturated heterocycles. The van der Waals surface area contributed by atoms with Crippen molar-refractivity contribution in [2.45, 2.75) is 13.5 Å². The Hall–Kier alpha value is -2.93. The van der Waals surface area contributed by atoms with Gasteiger partial charge in [0.05, 0.1) is 6.26 Å². The number of nitrogens with zero attached hydrogens (tertiary/aromatic N) is 2. The van der Waals surface area contributed by atoms with Crippen molar-refractivity contribution in [1.29, 1.82) is 0 Å². The zero-order chi connectivity index (χ0) is 17.8. The van der Waals surface area contributed by atoms with E-state index in [2.05, 4.69) is 10.3 Å². The van der Waals surface area contributed by atoms with Crippen LogP contribution >= 0.6 is 11.3 Å². The van der Waals surface area contributed by atoms with Gasteiger partial charge in [0.25, 0.3) is 5.91 Å². The third-order valence-electron chi connectivity index (χ3n) is 3.61. The Balaban J connectivity index is 1.70. The van der Waals surface area contributed by atoms with Crippen molar-refractivity contribution in [3.63, 3.8) is 0 Å². The number of amides is 2. The van der Waals surface area contributed by atoms with E-state index in [-0.39, 0.29) is 11.8 Å². The third kappa shape index (κ3) is 4.13. The average molecular weight is 355 g/mol. The standard InChI is InChI=1S/C18H17N3O3S/c1-12(22)21(2)10-13-5-3-6-14(9-13)19-17(23)15-11-25-18(20-15)16-7-4-8-24-16/h3-9,11H,10H2,1-2H3,(H,19,23). The molecule has 2 aromatic heterocycles. The van der Waals surface area contributed by atoms with Crippen LogP contribution in [0.15, 0.2) is 52.5 Å². The van der Waals surface area contributed by atoms with Crippen LogP contribution in [0, 0.1) is 0 Å². The predicted molar refractivity (Wildman–Crippen MR) is 96.4 cm³/mol. The molecule has 1 N–H and O–H groups in total. The summed E-state index contributed by atoms with van der Waals surface area (Å²) in [6, 6.07) is 11.0. The zero-order valence-electron chi connectivity index (χ0n) is 13.9. The molecular weight excluding hydrogens is 338 g/mol. The number of furan rings is 1. The molecule has 3 aromatic rings. The zero-order valence-corrected chi connectivity index (χ0v) is 14.7. The number of hydrogen-bond acceptors (Lipinski definition) is 5. The lowest BCUT2D eigenvalue weighted by Gasteiger charge is -2.15. The molecule has 0 atom stereocenters. The van der Waals surface area contributed by atoms with Crippen LogP contribution in [0.2, 0.25) is 0 Å². The molecule has 3 rings (SSSR count). The van der Waals surface area contributed by atoms with Crippen molar-refractivity contribution in [2.75, 3.05) is 12.4 Å². The van der Waals surface area contributed by atoms with Crippen LogP contribution in [0.3, 0.4) is 0 Å². The second kappa shape index (κ2) is 7.31. The van der Waals surface area contributed by atoms with Gasteiger partial charge < -0.3 is 14.6 Å². The molecule has 0 radical (unpaired) electrons. The molecule has 7 heteroatoms. The fourth-order valence-corrected chi connectivity index (χ4v) is 2.99. The van der Waals surface area contributed by atoms with Gasteiger partial charge in [-0.15, -0.1) is 11.3 Å². The van der Waals surface area contributed by atoms with E-state index in [1.54, 1.807) is 41.8 Å². The van der Waals surface area contributed by atoms with Crippen LogP contribution in [-0.4, -0.2) is 28.7 Å². The van der Waals surface area contributed by atoms with Gasteiger partial charge in [0.1, 0.15) is 5.69 Å². The lowest BCUT2D eigenvalue weighted by Crippen LogP contribution is -2.23. The summed E-state index contributed by atoms with van der Waals surface area (Å²) in [5, 5.41) is 5.19. The van der Waals surface area contributed by atoms with Gasteiger partial charge in [-0.05, 0) is 29.8 Å². The van der Waals surface area contributed by atoms with E-state index in [9.17, 15) is 9.59 Å². The molecule has 0 aliphatic carbocycles. The molecule has 0 saturated carbocycles. The van der Waals surface area contributed by atoms with Gasteiger partial charge in [-0.2, -0.15) is 0 Å². The van der Waals surface area contributed by atoms with Gasteiger partial charge in [0, 0.05) is 31.6 Å². The summed E-state index contributed by atoms with van der Waals surface area (Å²) < 4.78 is 5.29. The summed E-state index contributed by atoms with van der Waals surface area (Å²) in [6.45, 7) is 2.00. The highest BCUT2D eigenvalue weighted by Gasteiger charge is 2.14. The highest BCUT2D eigenvalue weighted by molar-refractivity contribution is 7.13. The summed E-state index contributed by atoms with van der Waals surface area (Å²) >= 11 is 1.35. The Morgan fingerprint density at radius 2 is 2.12 bits per heavy atom. The number of hydrogen-bond donors (Lipinski definition) is 1. The van der Waals surface area contributed by atoms with Crippen molar-refractivity contribution in [1.82, 2.24) is 9.88 Å². The van der Waals surface area contributed by atoms with Gasteiger partial charge in [-0.3, -0.25) is 9.59 Å². The van der Waals surface area contributed by atoms with Crippen LogP contribution in [0.4, 0.5) is 5.69 Å². The first kappa shape index (κ1) is 16.9. The molecule has 0 fully saturated rings. The van der Waals surface area contributed by atoms with Gasteiger partial charge in [0.2, 0.25) is 5.91 Å². The number of aromatic nitrogens is 1. The largest absolute Gasteiger partial charge is 0.462 e. The summed E-state index contributed by atoms with van der Waals surface area (Å²) in [5.41, 5.74) is 1.93. The molecule has 0 bridgehead atoms. The summed E-state index contributed by atoms with van der Waals surface area (Å²) in [4.78, 5) is 29.6. The summed E-state index contributed by atoms with van der Waals surface area (Å²) in [6.07, 6.45) is 1.57. The minimum atomic E-state index is -0.286. The first-order valence-electron chi connectivity index (χ1n) is 7.64. The molecule has 25 heavy (non-hydrogen) atoms. The van der Waals surface area contributed by atoms with Gasteiger partial charge in [0.15, 0.2) is 10.8 Å². The highest BCUT2D eigenvalue weighted by Crippen LogP contribution is 2.24. The average Bonchev–Trinajstić information content (AvgIpc) is 3.26. The molecule has 0 aliphatic rings. The van der Waals surface area contributed by atoms with Crippen LogP contribution in [0.25, 0.3) is 10.8 Å². The van der Waals surface area contributed by atoms with Crippen LogP contribution in [-0.2, 0) is 11.3 Å². The normalized spacial score (nSPS) is 10.5. The lowest BCUT2D eigenvalue weighted by atomic mass is 10.2. The Kier molecular flexibility index (Phi) is 4.95. The Morgan fingerprint density at radius 3 is 2.84 bits per heavy atom. The fraction of sp³-hybridized carbons (Fsp3) is 0.167. The SMILES string of the molecule is CC(=O)N(C)Cc1cccc(NC(=O)c2csc(-c3ccco3)n2)c1. The third-order valence-corrected chi connectivity index (χ3v) is 4.47. The fourth-order valence-electron chi connectivity index (χ4n) is 2.22. The topological polar surface area (TPSA) is 75.4 Å². The lowest BCUT2D eigenvalue weighted by molar-refractivity contribution is -0.128. The Bertz CT molecular complexity index is 887. The van der Waals surface area contributed by atoms with E-state index in [0.29, 0.717) is 28.7 Å². The molecule has 1 aromatic carbocycles. The van der Waals surface area contributed by atoms with E-state index in [1.165, 1.54) is 18.3 Å². The maximum absolute atomic E-state index is 12.4. The maximum atomic E-state index is 12.4. The van der Waals surface area contributed by atoms with Crippen molar-refractivity contribution in [3.8, 4) is 10.8 Å². The van der Waals surface area contributed by atoms with E-state index >= 15 is 0 Å². The Morgan fingerprint density at radius 1 is 1.28 bits per heavy atom. The van der Waals surface area contributed by atoms with Crippen LogP contribution < -0.4 is 5.32 Å². The highest BCUT2D eigenvalue weighted by atomic mass is 32.1. The van der Waals surface area contributed by atoms with E-state index in [4.69, 9.17) is 4.42 Å². The number of nitrogens with one attached hydrogen (secondary N) is 1. The number of carbonyl (C=O) groups is 2. The van der Waals surface area contributed by atoms with E-state index in [1.807, 2.05) is 18.2 Å². The number of anilines is 1. The molecule has 2 amide bonds. The quantitative estimate of drug-likeness (QED) is 0.758. The molecule has 128 valence electrons. The van der Waals surface area contributed by atoms with Crippen LogP contribution in [0.5, 0.6) is 0 Å². The van der Waals surface area contributed by atoms with E-state index < -0.39 is 0 Å². The van der Waals surface area contributed by atoms with Crippen molar-refractivity contribution < 1.29 is 14.0 Å².